The molecule has 0 fully saturated rings. The van der Waals surface area contributed by atoms with Crippen LogP contribution in [0.25, 0.3) is 0 Å². The Balaban J connectivity index is 2.10. The summed E-state index contributed by atoms with van der Waals surface area (Å²) in [5.74, 6) is -0.327. The number of sulfonamides is 1. The lowest BCUT2D eigenvalue weighted by Crippen LogP contribution is -2.52. The van der Waals surface area contributed by atoms with Gasteiger partial charge in [-0.15, -0.1) is 0 Å². The molecule has 0 radical (unpaired) electrons. The average molecular weight is 651 g/mol. The third-order valence-corrected chi connectivity index (χ3v) is 9.32. The molecule has 0 spiro atoms. The lowest BCUT2D eigenvalue weighted by molar-refractivity contribution is -0.140. The largest absolute Gasteiger partial charge is 0.493 e. The molecule has 1 N–H and O–H groups in total. The number of ether oxygens (including phenoxy) is 2. The number of nitrogens with one attached hydrogen (secondary N) is 1. The predicted octanol–water partition coefficient (Wildman–Crippen LogP) is 5.85. The van der Waals surface area contributed by atoms with Crippen LogP contribution in [0.2, 0.25) is 10.0 Å². The third kappa shape index (κ3) is 8.34. The number of anilines is 1. The Morgan fingerprint density at radius 3 is 2.16 bits per heavy atom. The summed E-state index contributed by atoms with van der Waals surface area (Å²) < 4.78 is 39.9. The van der Waals surface area contributed by atoms with E-state index in [-0.39, 0.29) is 28.8 Å². The van der Waals surface area contributed by atoms with Crippen LogP contribution in [0.5, 0.6) is 11.5 Å². The van der Waals surface area contributed by atoms with Crippen molar-refractivity contribution in [3.8, 4) is 11.5 Å². The van der Waals surface area contributed by atoms with Crippen LogP contribution < -0.4 is 19.1 Å². The summed E-state index contributed by atoms with van der Waals surface area (Å²) in [7, 11) is -1.44. The van der Waals surface area contributed by atoms with E-state index in [4.69, 9.17) is 32.7 Å². The lowest BCUT2D eigenvalue weighted by Gasteiger charge is -2.33. The zero-order valence-corrected chi connectivity index (χ0v) is 27.2. The topological polar surface area (TPSA) is 105 Å². The second kappa shape index (κ2) is 15.3. The van der Waals surface area contributed by atoms with Crippen LogP contribution in [-0.4, -0.2) is 58.5 Å². The van der Waals surface area contributed by atoms with E-state index in [1.807, 2.05) is 13.8 Å². The Bertz CT molecular complexity index is 1530. The number of carbonyl (C=O) groups is 2. The van der Waals surface area contributed by atoms with Crippen molar-refractivity contribution in [2.75, 3.05) is 31.6 Å². The summed E-state index contributed by atoms with van der Waals surface area (Å²) in [6, 6.07) is 15.1. The minimum atomic E-state index is -4.29. The van der Waals surface area contributed by atoms with Crippen molar-refractivity contribution in [2.24, 2.45) is 0 Å². The number of benzene rings is 3. The minimum absolute atomic E-state index is 0.00587. The second-order valence-corrected chi connectivity index (χ2v) is 12.5. The van der Waals surface area contributed by atoms with Crippen molar-refractivity contribution in [3.63, 3.8) is 0 Å². The Labute approximate surface area is 263 Å². The zero-order chi connectivity index (χ0) is 31.7. The van der Waals surface area contributed by atoms with Crippen LogP contribution in [0.3, 0.4) is 0 Å². The van der Waals surface area contributed by atoms with Crippen molar-refractivity contribution in [3.05, 3.63) is 81.8 Å². The maximum Gasteiger partial charge on any atom is 0.264 e. The number of halogens is 2. The number of methoxy groups -OCH3 is 2. The molecule has 0 heterocycles. The fourth-order valence-electron chi connectivity index (χ4n) is 4.46. The van der Waals surface area contributed by atoms with E-state index >= 15 is 0 Å². The van der Waals surface area contributed by atoms with E-state index in [0.29, 0.717) is 40.7 Å². The van der Waals surface area contributed by atoms with Crippen LogP contribution in [0.4, 0.5) is 5.69 Å². The van der Waals surface area contributed by atoms with Gasteiger partial charge in [-0.2, -0.15) is 0 Å². The molecule has 9 nitrogen and oxygen atoms in total. The fraction of sp³-hybridized carbons (Fsp3) is 0.355. The Kier molecular flexibility index (Phi) is 12.1. The van der Waals surface area contributed by atoms with Gasteiger partial charge in [-0.1, -0.05) is 60.8 Å². The van der Waals surface area contributed by atoms with E-state index in [1.165, 1.54) is 37.3 Å². The highest BCUT2D eigenvalue weighted by Crippen LogP contribution is 2.33. The summed E-state index contributed by atoms with van der Waals surface area (Å²) in [6.45, 7) is 5.47. The van der Waals surface area contributed by atoms with Gasteiger partial charge in [0.15, 0.2) is 11.5 Å². The predicted molar refractivity (Wildman–Crippen MR) is 170 cm³/mol. The number of hydrogen-bond acceptors (Lipinski definition) is 6. The van der Waals surface area contributed by atoms with Gasteiger partial charge < -0.3 is 19.7 Å². The summed E-state index contributed by atoms with van der Waals surface area (Å²) in [6.07, 6.45) is 1.02. The summed E-state index contributed by atoms with van der Waals surface area (Å²) >= 11 is 12.4. The van der Waals surface area contributed by atoms with Gasteiger partial charge in [-0.3, -0.25) is 13.9 Å². The summed E-state index contributed by atoms with van der Waals surface area (Å²) in [5, 5.41) is 3.51. The summed E-state index contributed by atoms with van der Waals surface area (Å²) in [5.41, 5.74) is 1.83. The van der Waals surface area contributed by atoms with Crippen molar-refractivity contribution >= 4 is 50.7 Å². The summed E-state index contributed by atoms with van der Waals surface area (Å²) in [4.78, 5) is 28.7. The number of rotatable bonds is 14. The van der Waals surface area contributed by atoms with Crippen molar-refractivity contribution in [1.29, 1.82) is 0 Å². The Morgan fingerprint density at radius 1 is 0.907 bits per heavy atom. The molecule has 0 saturated heterocycles. The first kappa shape index (κ1) is 34.0. The van der Waals surface area contributed by atoms with E-state index in [9.17, 15) is 18.0 Å². The number of amides is 2. The van der Waals surface area contributed by atoms with Gasteiger partial charge in [0.25, 0.3) is 10.0 Å². The van der Waals surface area contributed by atoms with Crippen LogP contribution in [-0.2, 0) is 26.2 Å². The van der Waals surface area contributed by atoms with Crippen LogP contribution in [0.15, 0.2) is 65.6 Å². The van der Waals surface area contributed by atoms with Crippen molar-refractivity contribution < 1.29 is 27.5 Å². The SMILES string of the molecule is CCCNC(=O)C(CC)N(Cc1ccc(Cl)c(Cl)c1)C(=O)CN(c1ccc(C)cc1)S(=O)(=O)c1ccc(OC)c(OC)c1. The molecule has 43 heavy (non-hydrogen) atoms. The van der Waals surface area contributed by atoms with E-state index in [2.05, 4.69) is 5.32 Å². The molecule has 0 bridgehead atoms. The van der Waals surface area contributed by atoms with Crippen molar-refractivity contribution in [2.45, 2.75) is 51.1 Å². The highest BCUT2D eigenvalue weighted by Gasteiger charge is 2.34. The molecule has 0 aromatic heterocycles. The molecule has 0 aliphatic carbocycles. The van der Waals surface area contributed by atoms with Crippen LogP contribution >= 0.6 is 23.2 Å². The minimum Gasteiger partial charge on any atom is -0.493 e. The quantitative estimate of drug-likeness (QED) is 0.235. The molecule has 0 saturated carbocycles. The normalized spacial score (nSPS) is 11.9. The maximum atomic E-state index is 14.2. The molecular formula is C31H37Cl2N3O6S. The van der Waals surface area contributed by atoms with Gasteiger partial charge in [-0.25, -0.2) is 8.42 Å². The number of carbonyl (C=O) groups excluding carboxylic acids is 2. The van der Waals surface area contributed by atoms with Gasteiger partial charge in [0.05, 0.1) is 34.8 Å². The number of aryl methyl sites for hydroxylation is 1. The molecule has 0 aliphatic heterocycles. The lowest BCUT2D eigenvalue weighted by atomic mass is 10.1. The maximum absolute atomic E-state index is 14.2. The average Bonchev–Trinajstić information content (AvgIpc) is 3.00. The smallest absolute Gasteiger partial charge is 0.264 e. The fourth-order valence-corrected chi connectivity index (χ4v) is 6.21. The molecule has 3 rings (SSSR count). The molecule has 12 heteroatoms. The van der Waals surface area contributed by atoms with Gasteiger partial charge in [0, 0.05) is 19.2 Å². The molecular weight excluding hydrogens is 613 g/mol. The standard InChI is InChI=1S/C31H37Cl2N3O6S/c1-6-16-34-31(38)27(7-2)35(19-22-10-14-25(32)26(33)17-22)30(37)20-36(23-11-8-21(3)9-12-23)43(39,40)24-13-15-28(41-4)29(18-24)42-5/h8-15,17-18,27H,6-7,16,19-20H2,1-5H3,(H,34,38). The molecule has 0 aliphatic rings. The number of hydrogen-bond donors (Lipinski definition) is 1. The monoisotopic (exact) mass is 649 g/mol. The van der Waals surface area contributed by atoms with Crippen molar-refractivity contribution in [1.82, 2.24) is 10.2 Å². The zero-order valence-electron chi connectivity index (χ0n) is 24.9. The van der Waals surface area contributed by atoms with Gasteiger partial charge in [0.1, 0.15) is 12.6 Å². The third-order valence-electron chi connectivity index (χ3n) is 6.82. The molecule has 3 aromatic rings. The van der Waals surface area contributed by atoms with Gasteiger partial charge >= 0.3 is 0 Å². The first-order valence-electron chi connectivity index (χ1n) is 13.8. The second-order valence-electron chi connectivity index (χ2n) is 9.85. The van der Waals surface area contributed by atoms with Gasteiger partial charge in [0.2, 0.25) is 11.8 Å². The molecule has 1 unspecified atom stereocenters. The number of nitrogens with zero attached hydrogens (tertiary/aromatic N) is 2. The Morgan fingerprint density at radius 2 is 1.58 bits per heavy atom. The van der Waals surface area contributed by atoms with E-state index in [0.717, 1.165) is 9.87 Å². The Hall–Kier alpha value is -3.47. The molecule has 1 atom stereocenters. The first-order chi connectivity index (χ1) is 20.5. The molecule has 3 aromatic carbocycles. The van der Waals surface area contributed by atoms with Crippen LogP contribution in [0.1, 0.15) is 37.8 Å². The molecule has 2 amide bonds. The van der Waals surface area contributed by atoms with Gasteiger partial charge in [-0.05, 0) is 61.7 Å². The van der Waals surface area contributed by atoms with Crippen LogP contribution in [0, 0.1) is 6.92 Å². The van der Waals surface area contributed by atoms with E-state index < -0.39 is 28.5 Å². The first-order valence-corrected chi connectivity index (χ1v) is 16.0. The molecule has 232 valence electrons. The highest BCUT2D eigenvalue weighted by molar-refractivity contribution is 7.92. The highest BCUT2D eigenvalue weighted by atomic mass is 35.5. The van der Waals surface area contributed by atoms with E-state index in [1.54, 1.807) is 49.4 Å².